The molecule has 1 atom stereocenters. The third-order valence-corrected chi connectivity index (χ3v) is 2.76. The number of hydrogen-bond donors (Lipinski definition) is 1. The summed E-state index contributed by atoms with van der Waals surface area (Å²) in [5.41, 5.74) is 0. The van der Waals surface area contributed by atoms with Gasteiger partial charge in [0.2, 0.25) is 5.82 Å². The van der Waals surface area contributed by atoms with E-state index >= 15 is 0 Å². The average molecular weight is 257 g/mol. The van der Waals surface area contributed by atoms with Crippen molar-refractivity contribution in [1.82, 2.24) is 5.32 Å². The summed E-state index contributed by atoms with van der Waals surface area (Å²) in [6.07, 6.45) is 2.90. The van der Waals surface area contributed by atoms with Gasteiger partial charge in [0.05, 0.1) is 6.61 Å². The number of unbranched alkanes of at least 4 members (excludes halogenated alkanes) is 1. The van der Waals surface area contributed by atoms with Crippen molar-refractivity contribution >= 4 is 0 Å². The van der Waals surface area contributed by atoms with E-state index in [9.17, 15) is 8.78 Å². The van der Waals surface area contributed by atoms with Crippen LogP contribution in [0.25, 0.3) is 0 Å². The van der Waals surface area contributed by atoms with E-state index in [1.807, 2.05) is 0 Å². The maximum atomic E-state index is 13.2. The van der Waals surface area contributed by atoms with Gasteiger partial charge in [-0.3, -0.25) is 0 Å². The number of rotatable bonds is 8. The van der Waals surface area contributed by atoms with Crippen molar-refractivity contribution in [3.8, 4) is 5.75 Å². The lowest BCUT2D eigenvalue weighted by atomic mass is 10.1. The lowest BCUT2D eigenvalue weighted by Gasteiger charge is -2.12. The summed E-state index contributed by atoms with van der Waals surface area (Å²) in [6.45, 7) is 5.59. The molecule has 0 aromatic heterocycles. The van der Waals surface area contributed by atoms with Crippen LogP contribution in [0.3, 0.4) is 0 Å². The van der Waals surface area contributed by atoms with Crippen LogP contribution < -0.4 is 10.1 Å². The molecule has 0 radical (unpaired) electrons. The second kappa shape index (κ2) is 8.03. The molecular formula is C14H21F2NO. The quantitative estimate of drug-likeness (QED) is 0.719. The molecule has 102 valence electrons. The maximum Gasteiger partial charge on any atom is 0.200 e. The van der Waals surface area contributed by atoms with E-state index in [2.05, 4.69) is 19.2 Å². The highest BCUT2D eigenvalue weighted by Crippen LogP contribution is 2.19. The lowest BCUT2D eigenvalue weighted by Crippen LogP contribution is -2.25. The predicted octanol–water partition coefficient (Wildman–Crippen LogP) is 3.51. The summed E-state index contributed by atoms with van der Waals surface area (Å²) in [4.78, 5) is 0. The third-order valence-electron chi connectivity index (χ3n) is 2.76. The summed E-state index contributed by atoms with van der Waals surface area (Å²) >= 11 is 0. The van der Waals surface area contributed by atoms with Crippen molar-refractivity contribution in [2.45, 2.75) is 39.2 Å². The Kier molecular flexibility index (Phi) is 6.65. The van der Waals surface area contributed by atoms with Crippen molar-refractivity contribution in [3.63, 3.8) is 0 Å². The number of ether oxygens (including phenoxy) is 1. The highest BCUT2D eigenvalue weighted by molar-refractivity contribution is 5.24. The molecule has 0 spiro atoms. The van der Waals surface area contributed by atoms with E-state index in [1.165, 1.54) is 12.1 Å². The molecule has 0 aliphatic rings. The minimum atomic E-state index is -0.904. The summed E-state index contributed by atoms with van der Waals surface area (Å²) in [6, 6.07) is 4.46. The molecule has 0 heterocycles. The fraction of sp³-hybridized carbons (Fsp3) is 0.571. The van der Waals surface area contributed by atoms with Crippen LogP contribution in [0.5, 0.6) is 5.75 Å². The van der Waals surface area contributed by atoms with Crippen LogP contribution in [-0.4, -0.2) is 19.2 Å². The highest BCUT2D eigenvalue weighted by Gasteiger charge is 2.08. The molecule has 4 heteroatoms. The Labute approximate surface area is 107 Å². The van der Waals surface area contributed by atoms with Gasteiger partial charge in [0.1, 0.15) is 0 Å². The Balaban J connectivity index is 2.20. The Morgan fingerprint density at radius 2 is 2.06 bits per heavy atom. The van der Waals surface area contributed by atoms with Crippen molar-refractivity contribution in [1.29, 1.82) is 0 Å². The Morgan fingerprint density at radius 3 is 2.78 bits per heavy atom. The molecule has 0 saturated carbocycles. The molecule has 1 rings (SSSR count). The minimum absolute atomic E-state index is 0.00488. The van der Waals surface area contributed by atoms with E-state index in [0.29, 0.717) is 12.6 Å². The molecule has 1 aromatic carbocycles. The third kappa shape index (κ3) is 5.00. The largest absolute Gasteiger partial charge is 0.490 e. The van der Waals surface area contributed by atoms with Gasteiger partial charge in [-0.25, -0.2) is 4.39 Å². The van der Waals surface area contributed by atoms with Gasteiger partial charge in [-0.15, -0.1) is 0 Å². The van der Waals surface area contributed by atoms with Crippen LogP contribution >= 0.6 is 0 Å². The lowest BCUT2D eigenvalue weighted by molar-refractivity contribution is 0.283. The second-order valence-electron chi connectivity index (χ2n) is 4.35. The van der Waals surface area contributed by atoms with Gasteiger partial charge in [-0.1, -0.05) is 13.0 Å². The minimum Gasteiger partial charge on any atom is -0.490 e. The van der Waals surface area contributed by atoms with Crippen molar-refractivity contribution < 1.29 is 13.5 Å². The topological polar surface area (TPSA) is 21.3 Å². The molecular weight excluding hydrogens is 236 g/mol. The van der Waals surface area contributed by atoms with Gasteiger partial charge >= 0.3 is 0 Å². The SMILES string of the molecule is CCNC(C)CCCCOc1cccc(F)c1F. The summed E-state index contributed by atoms with van der Waals surface area (Å²) < 4.78 is 31.3. The molecule has 0 fully saturated rings. The van der Waals surface area contributed by atoms with Gasteiger partial charge < -0.3 is 10.1 Å². The molecule has 0 aliphatic carbocycles. The zero-order valence-electron chi connectivity index (χ0n) is 11.0. The first-order chi connectivity index (χ1) is 8.65. The molecule has 0 amide bonds. The second-order valence-corrected chi connectivity index (χ2v) is 4.35. The zero-order chi connectivity index (χ0) is 13.4. The normalized spacial score (nSPS) is 12.4. The summed E-state index contributed by atoms with van der Waals surface area (Å²) in [5.74, 6) is -1.78. The van der Waals surface area contributed by atoms with E-state index in [0.717, 1.165) is 31.9 Å². The van der Waals surface area contributed by atoms with Gasteiger partial charge in [-0.2, -0.15) is 4.39 Å². The van der Waals surface area contributed by atoms with Crippen LogP contribution in [0, 0.1) is 11.6 Å². The summed E-state index contributed by atoms with van der Waals surface area (Å²) in [5, 5.41) is 3.32. The molecule has 0 aliphatic heterocycles. The van der Waals surface area contributed by atoms with Crippen LogP contribution in [0.1, 0.15) is 33.1 Å². The fourth-order valence-electron chi connectivity index (χ4n) is 1.78. The molecule has 2 nitrogen and oxygen atoms in total. The number of benzene rings is 1. The van der Waals surface area contributed by atoms with Crippen LogP contribution in [0.4, 0.5) is 8.78 Å². The van der Waals surface area contributed by atoms with E-state index in [4.69, 9.17) is 4.74 Å². The van der Waals surface area contributed by atoms with Gasteiger partial charge in [0.15, 0.2) is 11.6 Å². The number of nitrogens with one attached hydrogen (secondary N) is 1. The Morgan fingerprint density at radius 1 is 1.28 bits per heavy atom. The smallest absolute Gasteiger partial charge is 0.200 e. The predicted molar refractivity (Wildman–Crippen MR) is 68.8 cm³/mol. The van der Waals surface area contributed by atoms with E-state index < -0.39 is 11.6 Å². The standard InChI is InChI=1S/C14H21F2NO/c1-3-17-11(2)7-4-5-10-18-13-9-6-8-12(15)14(13)16/h6,8-9,11,17H,3-5,7,10H2,1-2H3. The fourth-order valence-corrected chi connectivity index (χ4v) is 1.78. The molecule has 1 unspecified atom stereocenters. The van der Waals surface area contributed by atoms with Crippen LogP contribution in [0.15, 0.2) is 18.2 Å². The first-order valence-corrected chi connectivity index (χ1v) is 6.45. The number of hydrogen-bond acceptors (Lipinski definition) is 2. The molecule has 0 saturated heterocycles. The Hall–Kier alpha value is -1.16. The first kappa shape index (κ1) is 14.9. The highest BCUT2D eigenvalue weighted by atomic mass is 19.2. The van der Waals surface area contributed by atoms with Crippen LogP contribution in [-0.2, 0) is 0 Å². The van der Waals surface area contributed by atoms with Crippen molar-refractivity contribution in [3.05, 3.63) is 29.8 Å². The maximum absolute atomic E-state index is 13.2. The monoisotopic (exact) mass is 257 g/mol. The van der Waals surface area contributed by atoms with Crippen molar-refractivity contribution in [2.75, 3.05) is 13.2 Å². The first-order valence-electron chi connectivity index (χ1n) is 6.45. The summed E-state index contributed by atoms with van der Waals surface area (Å²) in [7, 11) is 0. The van der Waals surface area contributed by atoms with Crippen LogP contribution in [0.2, 0.25) is 0 Å². The molecule has 18 heavy (non-hydrogen) atoms. The van der Waals surface area contributed by atoms with E-state index in [1.54, 1.807) is 0 Å². The van der Waals surface area contributed by atoms with Gasteiger partial charge in [0.25, 0.3) is 0 Å². The molecule has 0 bridgehead atoms. The van der Waals surface area contributed by atoms with Gasteiger partial charge in [0, 0.05) is 6.04 Å². The van der Waals surface area contributed by atoms with Gasteiger partial charge in [-0.05, 0) is 44.9 Å². The number of halogens is 2. The molecule has 1 aromatic rings. The Bertz CT molecular complexity index is 358. The van der Waals surface area contributed by atoms with E-state index in [-0.39, 0.29) is 5.75 Å². The zero-order valence-corrected chi connectivity index (χ0v) is 11.0. The average Bonchev–Trinajstić information content (AvgIpc) is 2.34. The molecule has 1 N–H and O–H groups in total. The van der Waals surface area contributed by atoms with Crippen molar-refractivity contribution in [2.24, 2.45) is 0 Å².